The molecule has 0 aliphatic carbocycles. The zero-order chi connectivity index (χ0) is 21.0. The molecule has 0 aromatic carbocycles. The van der Waals surface area contributed by atoms with Crippen molar-refractivity contribution < 1.29 is 38.1 Å². The van der Waals surface area contributed by atoms with Gasteiger partial charge in [0.1, 0.15) is 13.6 Å². The van der Waals surface area contributed by atoms with Gasteiger partial charge < -0.3 is 18.9 Å². The minimum Gasteiger partial charge on any atom is -0.465 e. The van der Waals surface area contributed by atoms with E-state index in [0.717, 1.165) is 36.9 Å². The van der Waals surface area contributed by atoms with Crippen LogP contribution in [0.1, 0.15) is 53.9 Å². The van der Waals surface area contributed by atoms with Crippen molar-refractivity contribution >= 4 is 68.9 Å². The standard InChI is InChI=1S/C17H16O8S3/c1-5-24-14(19)9-7-8(13(18)22-3)10(15(20)23-4)27-12(7)17(26)28-11(9)16(21)25-6-2/h5-6H2,1-4H3. The first-order valence-corrected chi connectivity index (χ1v) is 10.0. The average Bonchev–Trinajstić information content (AvgIpc) is 3.07. The molecule has 2 rings (SSSR count). The van der Waals surface area contributed by atoms with Gasteiger partial charge in [-0.15, -0.1) is 22.7 Å². The van der Waals surface area contributed by atoms with E-state index >= 15 is 0 Å². The van der Waals surface area contributed by atoms with E-state index in [1.807, 2.05) is 0 Å². The maximum absolute atomic E-state index is 12.7. The van der Waals surface area contributed by atoms with Gasteiger partial charge in [0.15, 0.2) is 0 Å². The van der Waals surface area contributed by atoms with Crippen molar-refractivity contribution in [1.29, 1.82) is 0 Å². The fraction of sp³-hybridized carbons (Fsp3) is 0.353. The second kappa shape index (κ2) is 9.22. The molecule has 0 bridgehead atoms. The van der Waals surface area contributed by atoms with Gasteiger partial charge in [0.25, 0.3) is 0 Å². The largest absolute Gasteiger partial charge is 0.465 e. The summed E-state index contributed by atoms with van der Waals surface area (Å²) in [7, 11) is 2.28. The van der Waals surface area contributed by atoms with E-state index in [0.29, 0.717) is 4.70 Å². The summed E-state index contributed by atoms with van der Waals surface area (Å²) < 4.78 is 20.1. The van der Waals surface area contributed by atoms with Gasteiger partial charge in [-0.2, -0.15) is 0 Å². The summed E-state index contributed by atoms with van der Waals surface area (Å²) in [5, 5.41) is 0.0162. The molecule has 0 aliphatic rings. The fourth-order valence-electron chi connectivity index (χ4n) is 2.39. The first-order valence-electron chi connectivity index (χ1n) is 7.96. The van der Waals surface area contributed by atoms with Crippen LogP contribution in [0, 0.1) is 3.82 Å². The molecule has 0 saturated heterocycles. The van der Waals surface area contributed by atoms with Gasteiger partial charge in [-0.25, -0.2) is 19.2 Å². The summed E-state index contributed by atoms with van der Waals surface area (Å²) >= 11 is 7.06. The van der Waals surface area contributed by atoms with Crippen molar-refractivity contribution in [3.8, 4) is 0 Å². The van der Waals surface area contributed by atoms with Crippen LogP contribution in [0.2, 0.25) is 0 Å². The second-order valence-electron chi connectivity index (χ2n) is 5.03. The van der Waals surface area contributed by atoms with E-state index in [1.165, 1.54) is 0 Å². The van der Waals surface area contributed by atoms with Crippen molar-refractivity contribution in [2.75, 3.05) is 27.4 Å². The number of carbonyl (C=O) groups excluding carboxylic acids is 4. The molecule has 0 atom stereocenters. The maximum atomic E-state index is 12.7. The second-order valence-corrected chi connectivity index (χ2v) is 7.74. The zero-order valence-corrected chi connectivity index (χ0v) is 17.9. The number of hydrogen-bond donors (Lipinski definition) is 0. The number of esters is 4. The lowest BCUT2D eigenvalue weighted by atomic mass is 10.1. The van der Waals surface area contributed by atoms with Gasteiger partial charge >= 0.3 is 23.9 Å². The van der Waals surface area contributed by atoms with E-state index < -0.39 is 23.9 Å². The third-order valence-corrected chi connectivity index (χ3v) is 6.33. The van der Waals surface area contributed by atoms with E-state index in [4.69, 9.17) is 31.2 Å². The Morgan fingerprint density at radius 3 is 1.82 bits per heavy atom. The molecule has 0 saturated carbocycles. The van der Waals surface area contributed by atoms with Crippen molar-refractivity contribution in [3.05, 3.63) is 24.7 Å². The molecule has 0 amide bonds. The highest BCUT2D eigenvalue weighted by atomic mass is 32.1. The number of methoxy groups -OCH3 is 2. The Morgan fingerprint density at radius 2 is 1.29 bits per heavy atom. The lowest BCUT2D eigenvalue weighted by molar-refractivity contribution is 0.0484. The van der Waals surface area contributed by atoms with Crippen molar-refractivity contribution in [2.24, 2.45) is 0 Å². The van der Waals surface area contributed by atoms with Gasteiger partial charge in [-0.05, 0) is 13.8 Å². The van der Waals surface area contributed by atoms with E-state index in [9.17, 15) is 19.2 Å². The molecule has 0 N–H and O–H groups in total. The predicted molar refractivity (Wildman–Crippen MR) is 105 cm³/mol. The van der Waals surface area contributed by atoms with Crippen LogP contribution < -0.4 is 0 Å². The topological polar surface area (TPSA) is 105 Å². The summed E-state index contributed by atoms with van der Waals surface area (Å²) in [5.74, 6) is -3.31. The van der Waals surface area contributed by atoms with Crippen molar-refractivity contribution in [2.45, 2.75) is 13.8 Å². The SMILES string of the molecule is CCOC(=O)c1sc(=S)c2sc(C(=O)OC)c(C(=O)OC)c2c1C(=O)OCC. The molecule has 0 spiro atoms. The normalized spacial score (nSPS) is 10.4. The maximum Gasteiger partial charge on any atom is 0.349 e. The van der Waals surface area contributed by atoms with Crippen LogP contribution in [0.3, 0.4) is 0 Å². The molecular formula is C17H16O8S3. The van der Waals surface area contributed by atoms with Crippen molar-refractivity contribution in [1.82, 2.24) is 0 Å². The van der Waals surface area contributed by atoms with E-state index in [-0.39, 0.29) is 43.3 Å². The molecule has 0 unspecified atom stereocenters. The third-order valence-electron chi connectivity index (χ3n) is 3.47. The minimum atomic E-state index is -0.877. The van der Waals surface area contributed by atoms with Gasteiger partial charge in [-0.1, -0.05) is 12.2 Å². The molecule has 28 heavy (non-hydrogen) atoms. The van der Waals surface area contributed by atoms with Crippen molar-refractivity contribution in [3.63, 3.8) is 0 Å². The van der Waals surface area contributed by atoms with Crippen LogP contribution >= 0.6 is 34.9 Å². The van der Waals surface area contributed by atoms with E-state index in [1.54, 1.807) is 13.8 Å². The van der Waals surface area contributed by atoms with Gasteiger partial charge in [0.2, 0.25) is 0 Å². The molecule has 8 nitrogen and oxygen atoms in total. The summed E-state index contributed by atoms with van der Waals surface area (Å²) in [6, 6.07) is 0. The molecule has 0 aliphatic heterocycles. The average molecular weight is 445 g/mol. The monoisotopic (exact) mass is 444 g/mol. The highest BCUT2D eigenvalue weighted by Crippen LogP contribution is 2.40. The Bertz CT molecular complexity index is 1020. The lowest BCUT2D eigenvalue weighted by Gasteiger charge is -2.10. The first-order chi connectivity index (χ1) is 13.3. The number of fused-ring (bicyclic) bond motifs is 1. The van der Waals surface area contributed by atoms with Crippen LogP contribution in [-0.4, -0.2) is 51.3 Å². The quantitative estimate of drug-likeness (QED) is 0.375. The zero-order valence-electron chi connectivity index (χ0n) is 15.4. The number of carbonyl (C=O) groups is 4. The Labute approximate surface area is 173 Å². The predicted octanol–water partition coefficient (Wildman–Crippen LogP) is 3.62. The van der Waals surface area contributed by atoms with Crippen LogP contribution in [0.15, 0.2) is 0 Å². The number of hydrogen-bond acceptors (Lipinski definition) is 11. The van der Waals surface area contributed by atoms with Crippen LogP contribution in [0.4, 0.5) is 0 Å². The highest BCUT2D eigenvalue weighted by Gasteiger charge is 2.33. The molecular weight excluding hydrogens is 428 g/mol. The summed E-state index contributed by atoms with van der Waals surface area (Å²) in [5.41, 5.74) is -0.400. The Morgan fingerprint density at radius 1 is 0.786 bits per heavy atom. The molecule has 2 aromatic heterocycles. The molecule has 0 radical (unpaired) electrons. The Balaban J connectivity index is 3.06. The summed E-state index contributed by atoms with van der Waals surface area (Å²) in [4.78, 5) is 49.6. The van der Waals surface area contributed by atoms with Gasteiger partial charge in [0.05, 0.1) is 43.3 Å². The van der Waals surface area contributed by atoms with Gasteiger partial charge in [0, 0.05) is 5.39 Å². The summed E-state index contributed by atoms with van der Waals surface area (Å²) in [6.45, 7) is 3.31. The number of thiophene rings is 1. The Hall–Kier alpha value is -2.37. The van der Waals surface area contributed by atoms with E-state index in [2.05, 4.69) is 0 Å². The fourth-order valence-corrected chi connectivity index (χ4v) is 4.97. The van der Waals surface area contributed by atoms with Crippen LogP contribution in [0.25, 0.3) is 10.1 Å². The molecule has 150 valence electrons. The third kappa shape index (κ3) is 3.91. The minimum absolute atomic E-state index is 0.0162. The van der Waals surface area contributed by atoms with Gasteiger partial charge in [-0.3, -0.25) is 0 Å². The molecule has 11 heteroatoms. The lowest BCUT2D eigenvalue weighted by Crippen LogP contribution is -2.15. The smallest absolute Gasteiger partial charge is 0.349 e. The molecule has 2 aromatic rings. The van der Waals surface area contributed by atoms with Crippen LogP contribution in [-0.2, 0) is 18.9 Å². The summed E-state index contributed by atoms with van der Waals surface area (Å²) in [6.07, 6.45) is 0. The Kier molecular flexibility index (Phi) is 7.22. The first kappa shape index (κ1) is 21.9. The highest BCUT2D eigenvalue weighted by molar-refractivity contribution is 7.74. The molecule has 2 heterocycles. The van der Waals surface area contributed by atoms with Crippen LogP contribution in [0.5, 0.6) is 0 Å². The number of ether oxygens (including phenoxy) is 4. The molecule has 0 fully saturated rings. The number of rotatable bonds is 6.